The number of carbonyl (C=O) groups is 4. The van der Waals surface area contributed by atoms with E-state index in [1.54, 1.807) is 0 Å². The molecule has 114 valence electrons. The van der Waals surface area contributed by atoms with E-state index in [0.717, 1.165) is 0 Å². The summed E-state index contributed by atoms with van der Waals surface area (Å²) >= 11 is 3.76. The normalized spacial score (nSPS) is 13.3. The van der Waals surface area contributed by atoms with Gasteiger partial charge in [-0.2, -0.15) is 0 Å². The number of hydrogen-bond donors (Lipinski definition) is 4. The Bertz CT molecular complexity index is 390. The zero-order valence-electron chi connectivity index (χ0n) is 10.5. The number of hydrogen-bond acceptors (Lipinski definition) is 8. The summed E-state index contributed by atoms with van der Waals surface area (Å²) in [5.41, 5.74) is 10.8. The van der Waals surface area contributed by atoms with Crippen molar-refractivity contribution in [2.24, 2.45) is 11.5 Å². The number of carbonyl (C=O) groups excluding carboxylic acids is 3. The number of carboxylic acids is 1. The third-order valence-corrected chi connectivity index (χ3v) is 3.23. The maximum atomic E-state index is 11.4. The van der Waals surface area contributed by atoms with Crippen LogP contribution in [-0.2, 0) is 23.4 Å². The van der Waals surface area contributed by atoms with Gasteiger partial charge in [-0.05, 0) is 12.8 Å². The number of rotatable bonds is 8. The molecule has 20 heavy (non-hydrogen) atoms. The molecule has 0 saturated heterocycles. The predicted molar refractivity (Wildman–Crippen MR) is 74.7 cm³/mol. The maximum absolute atomic E-state index is 11.4. The fourth-order valence-electron chi connectivity index (χ4n) is 0.985. The van der Waals surface area contributed by atoms with E-state index >= 15 is 0 Å². The van der Waals surface area contributed by atoms with Crippen molar-refractivity contribution in [2.75, 3.05) is 0 Å². The van der Waals surface area contributed by atoms with Gasteiger partial charge < -0.3 is 20.8 Å². The van der Waals surface area contributed by atoms with E-state index in [-0.39, 0.29) is 37.7 Å². The minimum Gasteiger partial charge on any atom is -0.481 e. The Morgan fingerprint density at radius 3 is 2.15 bits per heavy atom. The minimum atomic E-state index is -1.07. The summed E-state index contributed by atoms with van der Waals surface area (Å²) in [4.78, 5) is 43.6. The Morgan fingerprint density at radius 1 is 1.10 bits per heavy atom. The summed E-state index contributed by atoms with van der Waals surface area (Å²) in [6.07, 6.45) is -0.378. The van der Waals surface area contributed by atoms with E-state index in [4.69, 9.17) is 16.6 Å². The molecule has 0 amide bonds. The van der Waals surface area contributed by atoms with E-state index < -0.39 is 34.3 Å². The van der Waals surface area contributed by atoms with Crippen molar-refractivity contribution >= 4 is 46.8 Å². The highest BCUT2D eigenvalue weighted by Crippen LogP contribution is 2.12. The first-order valence-corrected chi connectivity index (χ1v) is 6.80. The lowest BCUT2D eigenvalue weighted by molar-refractivity contribution is -0.137. The molecular formula is C10H16N2O6S2. The Kier molecular flexibility index (Phi) is 9.21. The lowest BCUT2D eigenvalue weighted by Gasteiger charge is -2.08. The fraction of sp³-hybridized carbons (Fsp3) is 0.600. The monoisotopic (exact) mass is 324 g/mol. The van der Waals surface area contributed by atoms with Gasteiger partial charge in [-0.1, -0.05) is 0 Å². The van der Waals surface area contributed by atoms with Crippen LogP contribution in [0.1, 0.15) is 25.7 Å². The highest BCUT2D eigenvalue weighted by molar-refractivity contribution is 8.10. The molecular weight excluding hydrogens is 308 g/mol. The van der Waals surface area contributed by atoms with Crippen LogP contribution in [0.2, 0.25) is 0 Å². The smallest absolute Gasteiger partial charge is 0.318 e. The molecule has 0 heterocycles. The van der Waals surface area contributed by atoms with Crippen molar-refractivity contribution in [3.05, 3.63) is 0 Å². The van der Waals surface area contributed by atoms with Gasteiger partial charge in [-0.25, -0.2) is 0 Å². The van der Waals surface area contributed by atoms with Gasteiger partial charge >= 0.3 is 11.9 Å². The van der Waals surface area contributed by atoms with Crippen LogP contribution in [0.5, 0.6) is 0 Å². The van der Waals surface area contributed by atoms with Crippen LogP contribution < -0.4 is 11.5 Å². The first kappa shape index (κ1) is 18.9. The fourth-order valence-corrected chi connectivity index (χ4v) is 1.61. The molecule has 0 fully saturated rings. The molecule has 0 aromatic carbocycles. The number of aliphatic carboxylic acids is 1. The van der Waals surface area contributed by atoms with Gasteiger partial charge in [0.1, 0.15) is 12.0 Å². The number of carboxylic acid groups (broad SMARTS) is 1. The van der Waals surface area contributed by atoms with Gasteiger partial charge in [0.25, 0.3) is 0 Å². The summed E-state index contributed by atoms with van der Waals surface area (Å²) in [7, 11) is 0. The molecule has 0 radical (unpaired) electrons. The third kappa shape index (κ3) is 8.91. The SMILES string of the molecule is NC(CCC(=O)OSC(=O)C(N)CCC(=O)O)C(=O)S. The molecule has 0 rings (SSSR count). The molecule has 8 nitrogen and oxygen atoms in total. The maximum Gasteiger partial charge on any atom is 0.318 e. The molecule has 5 N–H and O–H groups in total. The summed E-state index contributed by atoms with van der Waals surface area (Å²) in [6.45, 7) is 0. The highest BCUT2D eigenvalue weighted by atomic mass is 32.2. The Balaban J connectivity index is 3.91. The average molecular weight is 324 g/mol. The van der Waals surface area contributed by atoms with Gasteiger partial charge in [-0.3, -0.25) is 19.2 Å². The zero-order chi connectivity index (χ0) is 15.7. The molecule has 0 aliphatic heterocycles. The largest absolute Gasteiger partial charge is 0.481 e. The van der Waals surface area contributed by atoms with Gasteiger partial charge in [0.15, 0.2) is 0 Å². The van der Waals surface area contributed by atoms with Crippen molar-refractivity contribution in [1.29, 1.82) is 0 Å². The third-order valence-electron chi connectivity index (χ3n) is 2.17. The zero-order valence-corrected chi connectivity index (χ0v) is 12.2. The molecule has 0 bridgehead atoms. The van der Waals surface area contributed by atoms with Crippen LogP contribution in [-0.4, -0.2) is 39.4 Å². The summed E-state index contributed by atoms with van der Waals surface area (Å²) < 4.78 is 4.57. The van der Waals surface area contributed by atoms with Gasteiger partial charge in [0.05, 0.1) is 12.1 Å². The molecule has 0 aliphatic rings. The van der Waals surface area contributed by atoms with E-state index in [1.165, 1.54) is 0 Å². The first-order chi connectivity index (χ1) is 9.23. The van der Waals surface area contributed by atoms with E-state index in [2.05, 4.69) is 16.8 Å². The average Bonchev–Trinajstić information content (AvgIpc) is 2.38. The molecule has 2 atom stereocenters. The number of nitrogens with two attached hydrogens (primary N) is 2. The summed E-state index contributed by atoms with van der Waals surface area (Å²) in [6, 6.07) is -1.89. The Morgan fingerprint density at radius 2 is 1.65 bits per heavy atom. The first-order valence-electron chi connectivity index (χ1n) is 5.61. The second-order valence-corrected chi connectivity index (χ2v) is 5.06. The predicted octanol–water partition coefficient (Wildman–Crippen LogP) is -0.540. The summed E-state index contributed by atoms with van der Waals surface area (Å²) in [5, 5.41) is 7.24. The standard InChI is InChI=1S/C10H16N2O6S2/c11-5(9(16)19)2-4-8(15)18-20-10(17)6(12)1-3-7(13)14/h5-6H,1-4,11-12H2,(H,13,14)(H,16,19). The van der Waals surface area contributed by atoms with Gasteiger partial charge in [-0.15, -0.1) is 12.6 Å². The van der Waals surface area contributed by atoms with Crippen molar-refractivity contribution in [3.63, 3.8) is 0 Å². The molecule has 0 spiro atoms. The molecule has 0 aromatic rings. The van der Waals surface area contributed by atoms with E-state index in [9.17, 15) is 19.2 Å². The van der Waals surface area contributed by atoms with Crippen LogP contribution in [0.4, 0.5) is 0 Å². The Labute approximate surface area is 125 Å². The number of thiol groups is 1. The molecule has 2 unspecified atom stereocenters. The quantitative estimate of drug-likeness (QED) is 0.341. The van der Waals surface area contributed by atoms with Crippen molar-refractivity contribution in [3.8, 4) is 0 Å². The van der Waals surface area contributed by atoms with Gasteiger partial charge in [0.2, 0.25) is 10.2 Å². The molecule has 0 aromatic heterocycles. The minimum absolute atomic E-state index is 0.0439. The topological polar surface area (TPSA) is 150 Å². The van der Waals surface area contributed by atoms with Crippen LogP contribution in [0.15, 0.2) is 0 Å². The molecule has 0 aliphatic carbocycles. The molecule has 10 heteroatoms. The lowest BCUT2D eigenvalue weighted by atomic mass is 10.2. The van der Waals surface area contributed by atoms with E-state index in [1.807, 2.05) is 0 Å². The van der Waals surface area contributed by atoms with Crippen molar-refractivity contribution < 1.29 is 28.5 Å². The second kappa shape index (κ2) is 9.75. The second-order valence-electron chi connectivity index (χ2n) is 3.88. The Hall–Kier alpha value is -1.10. The van der Waals surface area contributed by atoms with Crippen LogP contribution in [0.3, 0.4) is 0 Å². The molecule has 0 saturated carbocycles. The van der Waals surface area contributed by atoms with Gasteiger partial charge in [0, 0.05) is 12.8 Å². The summed E-state index contributed by atoms with van der Waals surface area (Å²) in [5.74, 6) is -1.79. The van der Waals surface area contributed by atoms with Crippen molar-refractivity contribution in [1.82, 2.24) is 0 Å². The van der Waals surface area contributed by atoms with Crippen LogP contribution in [0, 0.1) is 0 Å². The van der Waals surface area contributed by atoms with Crippen molar-refractivity contribution in [2.45, 2.75) is 37.8 Å². The van der Waals surface area contributed by atoms with Crippen LogP contribution >= 0.6 is 24.7 Å². The van der Waals surface area contributed by atoms with Crippen LogP contribution in [0.25, 0.3) is 0 Å². The van der Waals surface area contributed by atoms with E-state index in [0.29, 0.717) is 0 Å². The lowest BCUT2D eigenvalue weighted by Crippen LogP contribution is -2.30. The highest BCUT2D eigenvalue weighted by Gasteiger charge is 2.19.